The summed E-state index contributed by atoms with van der Waals surface area (Å²) in [4.78, 5) is 24.1. The fourth-order valence-electron chi connectivity index (χ4n) is 2.11. The van der Waals surface area contributed by atoms with E-state index in [9.17, 15) is 9.59 Å². The highest BCUT2D eigenvalue weighted by Gasteiger charge is 2.28. The number of hydrogen-bond acceptors (Lipinski definition) is 3. The first-order valence-electron chi connectivity index (χ1n) is 6.51. The Hall–Kier alpha value is -0.910. The Bertz CT molecular complexity index is 314. The van der Waals surface area contributed by atoms with Crippen molar-refractivity contribution < 1.29 is 14.7 Å². The lowest BCUT2D eigenvalue weighted by Gasteiger charge is -2.22. The predicted molar refractivity (Wildman–Crippen MR) is 70.8 cm³/mol. The van der Waals surface area contributed by atoms with Crippen molar-refractivity contribution in [3.8, 4) is 0 Å². The second kappa shape index (κ2) is 6.31. The lowest BCUT2D eigenvalue weighted by atomic mass is 10.2. The molecule has 6 heteroatoms. The minimum Gasteiger partial charge on any atom is -0.480 e. The number of amides is 2. The molecule has 0 aromatic heterocycles. The topological polar surface area (TPSA) is 69.6 Å². The monoisotopic (exact) mass is 272 g/mol. The van der Waals surface area contributed by atoms with E-state index in [-0.39, 0.29) is 12.6 Å². The first kappa shape index (κ1) is 13.5. The summed E-state index contributed by atoms with van der Waals surface area (Å²) >= 11 is 1.89. The summed E-state index contributed by atoms with van der Waals surface area (Å²) in [5, 5.41) is 12.2. The third-order valence-electron chi connectivity index (χ3n) is 3.29. The van der Waals surface area contributed by atoms with Crippen LogP contribution in [0.4, 0.5) is 4.79 Å². The first-order valence-corrected chi connectivity index (χ1v) is 7.56. The van der Waals surface area contributed by atoms with E-state index in [1.165, 1.54) is 17.1 Å². The van der Waals surface area contributed by atoms with Gasteiger partial charge in [0.25, 0.3) is 0 Å². The minimum atomic E-state index is -0.943. The first-order chi connectivity index (χ1) is 8.65. The highest BCUT2D eigenvalue weighted by Crippen LogP contribution is 2.29. The van der Waals surface area contributed by atoms with Crippen LogP contribution in [0.1, 0.15) is 25.7 Å². The van der Waals surface area contributed by atoms with Crippen LogP contribution in [0, 0.1) is 5.92 Å². The van der Waals surface area contributed by atoms with Crippen molar-refractivity contribution >= 4 is 23.8 Å². The molecule has 0 radical (unpaired) electrons. The van der Waals surface area contributed by atoms with Crippen molar-refractivity contribution in [3.05, 3.63) is 0 Å². The summed E-state index contributed by atoms with van der Waals surface area (Å²) in [6.07, 6.45) is 4.59. The average molecular weight is 272 g/mol. The number of rotatable bonds is 6. The molecule has 18 heavy (non-hydrogen) atoms. The van der Waals surface area contributed by atoms with Gasteiger partial charge in [-0.3, -0.25) is 4.79 Å². The molecule has 2 aliphatic rings. The predicted octanol–water partition coefficient (Wildman–Crippen LogP) is 1.39. The molecule has 5 nitrogen and oxygen atoms in total. The molecule has 1 heterocycles. The van der Waals surface area contributed by atoms with E-state index in [0.717, 1.165) is 19.3 Å². The Morgan fingerprint density at radius 3 is 2.67 bits per heavy atom. The summed E-state index contributed by atoms with van der Waals surface area (Å²) in [7, 11) is 0. The van der Waals surface area contributed by atoms with Crippen molar-refractivity contribution in [2.75, 3.05) is 25.4 Å². The summed E-state index contributed by atoms with van der Waals surface area (Å²) in [5.41, 5.74) is 0. The molecule has 1 aliphatic carbocycles. The molecule has 0 aromatic carbocycles. The van der Waals surface area contributed by atoms with Crippen LogP contribution in [0.5, 0.6) is 0 Å². The van der Waals surface area contributed by atoms with Crippen LogP contribution >= 0.6 is 11.8 Å². The van der Waals surface area contributed by atoms with Crippen molar-refractivity contribution in [3.63, 3.8) is 0 Å². The normalized spacial score (nSPS) is 22.8. The quantitative estimate of drug-likeness (QED) is 0.766. The van der Waals surface area contributed by atoms with E-state index in [4.69, 9.17) is 5.11 Å². The Balaban J connectivity index is 1.75. The highest BCUT2D eigenvalue weighted by molar-refractivity contribution is 8.00. The van der Waals surface area contributed by atoms with Crippen LogP contribution in [-0.4, -0.2) is 52.6 Å². The zero-order valence-electron chi connectivity index (χ0n) is 10.4. The smallest absolute Gasteiger partial charge is 0.323 e. The van der Waals surface area contributed by atoms with Gasteiger partial charge in [0.1, 0.15) is 6.54 Å². The molecule has 0 bridgehead atoms. The van der Waals surface area contributed by atoms with Gasteiger partial charge in [-0.2, -0.15) is 11.8 Å². The molecule has 1 aliphatic heterocycles. The Morgan fingerprint density at radius 2 is 2.11 bits per heavy atom. The van der Waals surface area contributed by atoms with E-state index in [1.54, 1.807) is 0 Å². The number of urea groups is 1. The van der Waals surface area contributed by atoms with Crippen LogP contribution in [-0.2, 0) is 4.79 Å². The maximum atomic E-state index is 11.9. The molecule has 0 aromatic rings. The van der Waals surface area contributed by atoms with Crippen molar-refractivity contribution in [2.24, 2.45) is 5.92 Å². The number of carboxylic acid groups (broad SMARTS) is 1. The number of hydrogen-bond donors (Lipinski definition) is 2. The van der Waals surface area contributed by atoms with E-state index < -0.39 is 5.97 Å². The number of aliphatic carboxylic acids is 1. The van der Waals surface area contributed by atoms with Crippen molar-refractivity contribution in [1.82, 2.24) is 10.2 Å². The number of thioether (sulfide) groups is 1. The fourth-order valence-corrected chi connectivity index (χ4v) is 3.31. The third-order valence-corrected chi connectivity index (χ3v) is 4.69. The van der Waals surface area contributed by atoms with Gasteiger partial charge >= 0.3 is 12.0 Å². The maximum Gasteiger partial charge on any atom is 0.323 e. The molecule has 2 fully saturated rings. The Labute approximate surface area is 111 Å². The molecule has 2 amide bonds. The summed E-state index contributed by atoms with van der Waals surface area (Å²) < 4.78 is 0. The SMILES string of the molecule is O=C(O)CN(CC1CC1)C(=O)NCC1CCCS1. The molecule has 2 N–H and O–H groups in total. The largest absolute Gasteiger partial charge is 0.480 e. The van der Waals surface area contributed by atoms with E-state index in [2.05, 4.69) is 5.32 Å². The van der Waals surface area contributed by atoms with Crippen molar-refractivity contribution in [2.45, 2.75) is 30.9 Å². The van der Waals surface area contributed by atoms with Crippen LogP contribution in [0.2, 0.25) is 0 Å². The van der Waals surface area contributed by atoms with Gasteiger partial charge in [-0.05, 0) is 37.4 Å². The van der Waals surface area contributed by atoms with Gasteiger partial charge in [-0.1, -0.05) is 0 Å². The van der Waals surface area contributed by atoms with E-state index in [0.29, 0.717) is 24.3 Å². The fraction of sp³-hybridized carbons (Fsp3) is 0.833. The molecule has 1 unspecified atom stereocenters. The summed E-state index contributed by atoms with van der Waals surface area (Å²) in [5.74, 6) is 0.735. The Morgan fingerprint density at radius 1 is 1.33 bits per heavy atom. The van der Waals surface area contributed by atoms with Gasteiger partial charge in [0.05, 0.1) is 0 Å². The molecular formula is C12H20N2O3S. The number of carbonyl (C=O) groups excluding carboxylic acids is 1. The average Bonchev–Trinajstić information content (AvgIpc) is 2.98. The van der Waals surface area contributed by atoms with E-state index in [1.807, 2.05) is 11.8 Å². The highest BCUT2D eigenvalue weighted by atomic mass is 32.2. The van der Waals surface area contributed by atoms with Crippen LogP contribution in [0.15, 0.2) is 0 Å². The third kappa shape index (κ3) is 4.40. The van der Waals surface area contributed by atoms with Gasteiger partial charge in [-0.15, -0.1) is 0 Å². The molecular weight excluding hydrogens is 252 g/mol. The van der Waals surface area contributed by atoms with Gasteiger partial charge in [0.2, 0.25) is 0 Å². The summed E-state index contributed by atoms with van der Waals surface area (Å²) in [6.45, 7) is 1.04. The van der Waals surface area contributed by atoms with Crippen LogP contribution < -0.4 is 5.32 Å². The molecule has 2 rings (SSSR count). The standard InChI is InChI=1S/C12H20N2O3S/c15-11(16)8-14(7-9-3-4-9)12(17)13-6-10-2-1-5-18-10/h9-10H,1-8H2,(H,13,17)(H,15,16). The number of carbonyl (C=O) groups is 2. The van der Waals surface area contributed by atoms with Crippen LogP contribution in [0.3, 0.4) is 0 Å². The maximum absolute atomic E-state index is 11.9. The zero-order chi connectivity index (χ0) is 13.0. The molecule has 0 spiro atoms. The van der Waals surface area contributed by atoms with Gasteiger partial charge in [0, 0.05) is 18.3 Å². The van der Waals surface area contributed by atoms with Crippen LogP contribution in [0.25, 0.3) is 0 Å². The van der Waals surface area contributed by atoms with Gasteiger partial charge in [0.15, 0.2) is 0 Å². The molecule has 1 saturated carbocycles. The summed E-state index contributed by atoms with van der Waals surface area (Å²) in [6, 6.07) is -0.225. The number of carboxylic acids is 1. The number of nitrogens with one attached hydrogen (secondary N) is 1. The second-order valence-corrected chi connectivity index (χ2v) is 6.45. The van der Waals surface area contributed by atoms with Crippen molar-refractivity contribution in [1.29, 1.82) is 0 Å². The second-order valence-electron chi connectivity index (χ2n) is 5.04. The molecule has 102 valence electrons. The molecule has 1 atom stereocenters. The minimum absolute atomic E-state index is 0.194. The molecule has 1 saturated heterocycles. The van der Waals surface area contributed by atoms with Gasteiger partial charge in [-0.25, -0.2) is 4.79 Å². The lowest BCUT2D eigenvalue weighted by molar-refractivity contribution is -0.137. The van der Waals surface area contributed by atoms with E-state index >= 15 is 0 Å². The zero-order valence-corrected chi connectivity index (χ0v) is 11.2. The number of nitrogens with zero attached hydrogens (tertiary/aromatic N) is 1. The van der Waals surface area contributed by atoms with Gasteiger partial charge < -0.3 is 15.3 Å². The Kier molecular flexibility index (Phi) is 4.74. The lowest BCUT2D eigenvalue weighted by Crippen LogP contribution is -2.45.